The van der Waals surface area contributed by atoms with Crippen molar-refractivity contribution in [2.75, 3.05) is 26.8 Å². The zero-order chi connectivity index (χ0) is 11.9. The summed E-state index contributed by atoms with van der Waals surface area (Å²) >= 11 is 0. The molecule has 90 valence electrons. The summed E-state index contributed by atoms with van der Waals surface area (Å²) in [6, 6.07) is 0. The van der Waals surface area contributed by atoms with Crippen LogP contribution in [0.1, 0.15) is 20.3 Å². The molecule has 0 aliphatic heterocycles. The number of carboxylic acid groups (broad SMARTS) is 1. The van der Waals surface area contributed by atoms with Crippen molar-refractivity contribution in [2.24, 2.45) is 5.41 Å². The number of nitrogens with one attached hydrogen (secondary N) is 1. The normalized spacial score (nSPS) is 13.9. The highest BCUT2D eigenvalue weighted by molar-refractivity contribution is 5.73. The van der Waals surface area contributed by atoms with E-state index in [0.717, 1.165) is 0 Å². The molecular weight excluding hydrogens is 198 g/mol. The molecule has 1 unspecified atom stereocenters. The molecule has 0 saturated carbocycles. The van der Waals surface area contributed by atoms with E-state index in [1.165, 1.54) is 7.11 Å². The summed E-state index contributed by atoms with van der Waals surface area (Å²) in [4.78, 5) is 10.7. The van der Waals surface area contributed by atoms with E-state index in [1.54, 1.807) is 13.8 Å². The molecule has 0 aliphatic rings. The molecule has 0 amide bonds. The Morgan fingerprint density at radius 3 is 2.60 bits per heavy atom. The molecule has 0 heterocycles. The van der Waals surface area contributed by atoms with Gasteiger partial charge in [-0.15, -0.1) is 0 Å². The van der Waals surface area contributed by atoms with Crippen molar-refractivity contribution in [1.82, 2.24) is 5.32 Å². The van der Waals surface area contributed by atoms with Gasteiger partial charge in [0.15, 0.2) is 0 Å². The van der Waals surface area contributed by atoms with Gasteiger partial charge in [0.05, 0.1) is 18.1 Å². The Bertz CT molecular complexity index is 194. The quantitative estimate of drug-likeness (QED) is 0.504. The second kappa shape index (κ2) is 6.76. The van der Waals surface area contributed by atoms with Crippen molar-refractivity contribution in [3.63, 3.8) is 0 Å². The molecule has 3 N–H and O–H groups in total. The predicted molar refractivity (Wildman–Crippen MR) is 56.8 cm³/mol. The fraction of sp³-hybridized carbons (Fsp3) is 0.900. The third-order valence-electron chi connectivity index (χ3n) is 2.16. The third kappa shape index (κ3) is 6.43. The number of ether oxygens (including phenoxy) is 1. The van der Waals surface area contributed by atoms with Crippen LogP contribution < -0.4 is 5.32 Å². The van der Waals surface area contributed by atoms with Crippen molar-refractivity contribution < 1.29 is 19.7 Å². The highest BCUT2D eigenvalue weighted by Gasteiger charge is 2.26. The van der Waals surface area contributed by atoms with Crippen molar-refractivity contribution in [3.8, 4) is 0 Å². The number of carboxylic acids is 1. The maximum Gasteiger partial charge on any atom is 0.310 e. The second-order valence-corrected chi connectivity index (χ2v) is 4.26. The minimum atomic E-state index is -0.826. The van der Waals surface area contributed by atoms with Gasteiger partial charge in [0, 0.05) is 13.7 Å². The highest BCUT2D eigenvalue weighted by atomic mass is 16.5. The first-order valence-corrected chi connectivity index (χ1v) is 5.01. The van der Waals surface area contributed by atoms with E-state index in [1.807, 2.05) is 0 Å². The molecular formula is C10H21NO4. The van der Waals surface area contributed by atoms with E-state index in [4.69, 9.17) is 9.84 Å². The second-order valence-electron chi connectivity index (χ2n) is 4.26. The largest absolute Gasteiger partial charge is 0.481 e. The van der Waals surface area contributed by atoms with Gasteiger partial charge in [-0.2, -0.15) is 0 Å². The van der Waals surface area contributed by atoms with E-state index in [-0.39, 0.29) is 0 Å². The van der Waals surface area contributed by atoms with Gasteiger partial charge in [-0.3, -0.25) is 4.79 Å². The average molecular weight is 219 g/mol. The fourth-order valence-corrected chi connectivity index (χ4v) is 1.02. The van der Waals surface area contributed by atoms with E-state index in [2.05, 4.69) is 5.32 Å². The van der Waals surface area contributed by atoms with Crippen LogP contribution in [0, 0.1) is 5.41 Å². The van der Waals surface area contributed by atoms with Crippen LogP contribution in [0.5, 0.6) is 0 Å². The van der Waals surface area contributed by atoms with Gasteiger partial charge in [0.1, 0.15) is 0 Å². The molecule has 0 aliphatic carbocycles. The topological polar surface area (TPSA) is 78.8 Å². The molecule has 0 bridgehead atoms. The van der Waals surface area contributed by atoms with Crippen LogP contribution >= 0.6 is 0 Å². The lowest BCUT2D eigenvalue weighted by Crippen LogP contribution is -2.37. The molecule has 0 aromatic heterocycles. The van der Waals surface area contributed by atoms with E-state index < -0.39 is 17.5 Å². The Morgan fingerprint density at radius 1 is 1.53 bits per heavy atom. The maximum absolute atomic E-state index is 10.7. The smallest absolute Gasteiger partial charge is 0.310 e. The van der Waals surface area contributed by atoms with Crippen LogP contribution in [0.4, 0.5) is 0 Å². The maximum atomic E-state index is 10.7. The molecule has 0 aromatic rings. The Kier molecular flexibility index (Phi) is 6.47. The van der Waals surface area contributed by atoms with E-state index in [9.17, 15) is 9.90 Å². The molecule has 0 aromatic carbocycles. The lowest BCUT2D eigenvalue weighted by molar-refractivity contribution is -0.146. The summed E-state index contributed by atoms with van der Waals surface area (Å²) in [7, 11) is 1.53. The molecule has 5 nitrogen and oxygen atoms in total. The van der Waals surface area contributed by atoms with Gasteiger partial charge in [-0.05, 0) is 26.8 Å². The van der Waals surface area contributed by atoms with Crippen LogP contribution in [0.15, 0.2) is 0 Å². The zero-order valence-electron chi connectivity index (χ0n) is 9.62. The first-order chi connectivity index (χ1) is 6.90. The zero-order valence-corrected chi connectivity index (χ0v) is 9.62. The summed E-state index contributed by atoms with van der Waals surface area (Å²) in [5.41, 5.74) is -0.772. The number of hydrogen-bond acceptors (Lipinski definition) is 4. The third-order valence-corrected chi connectivity index (χ3v) is 2.16. The fourth-order valence-electron chi connectivity index (χ4n) is 1.02. The number of methoxy groups -OCH3 is 1. The number of aliphatic hydroxyl groups is 1. The first kappa shape index (κ1) is 14.3. The van der Waals surface area contributed by atoms with Gasteiger partial charge in [0.2, 0.25) is 0 Å². The first-order valence-electron chi connectivity index (χ1n) is 5.01. The molecule has 15 heavy (non-hydrogen) atoms. The van der Waals surface area contributed by atoms with E-state index in [0.29, 0.717) is 26.1 Å². The van der Waals surface area contributed by atoms with Crippen LogP contribution in [-0.4, -0.2) is 49.1 Å². The van der Waals surface area contributed by atoms with Gasteiger partial charge < -0.3 is 20.3 Å². The summed E-state index contributed by atoms with van der Waals surface area (Å²) in [6.45, 7) is 4.61. The van der Waals surface area contributed by atoms with Gasteiger partial charge in [-0.25, -0.2) is 0 Å². The number of carbonyl (C=O) groups is 1. The Balaban J connectivity index is 3.58. The SMILES string of the molecule is COCC(O)CCNCC(C)(C)C(=O)O. The van der Waals surface area contributed by atoms with Gasteiger partial charge >= 0.3 is 5.97 Å². The molecule has 0 radical (unpaired) electrons. The lowest BCUT2D eigenvalue weighted by Gasteiger charge is -2.20. The van der Waals surface area contributed by atoms with Gasteiger partial charge in [-0.1, -0.05) is 0 Å². The minimum absolute atomic E-state index is 0.310. The predicted octanol–water partition coefficient (Wildman–Crippen LogP) is 0.0842. The summed E-state index contributed by atoms with van der Waals surface area (Å²) in [5, 5.41) is 21.1. The Morgan fingerprint density at radius 2 is 2.13 bits per heavy atom. The summed E-state index contributed by atoms with van der Waals surface area (Å²) < 4.78 is 4.77. The molecule has 0 fully saturated rings. The highest BCUT2D eigenvalue weighted by Crippen LogP contribution is 2.12. The van der Waals surface area contributed by atoms with Crippen LogP contribution in [0.2, 0.25) is 0 Å². The number of rotatable bonds is 8. The minimum Gasteiger partial charge on any atom is -0.481 e. The van der Waals surface area contributed by atoms with Crippen molar-refractivity contribution >= 4 is 5.97 Å². The summed E-state index contributed by atoms with van der Waals surface area (Å²) in [6.07, 6.45) is 0.0687. The summed E-state index contributed by atoms with van der Waals surface area (Å²) in [5.74, 6) is -0.826. The standard InChI is InChI=1S/C10H21NO4/c1-10(2,9(13)14)7-11-5-4-8(12)6-15-3/h8,11-12H,4-7H2,1-3H3,(H,13,14). The Labute approximate surface area is 90.4 Å². The lowest BCUT2D eigenvalue weighted by atomic mass is 9.94. The van der Waals surface area contributed by atoms with Crippen LogP contribution in [-0.2, 0) is 9.53 Å². The Hall–Kier alpha value is -0.650. The monoisotopic (exact) mass is 219 g/mol. The average Bonchev–Trinajstić information content (AvgIpc) is 2.13. The van der Waals surface area contributed by atoms with Gasteiger partial charge in [0.25, 0.3) is 0 Å². The molecule has 0 saturated heterocycles. The van der Waals surface area contributed by atoms with Crippen molar-refractivity contribution in [3.05, 3.63) is 0 Å². The molecule has 5 heteroatoms. The molecule has 0 spiro atoms. The number of aliphatic carboxylic acids is 1. The van der Waals surface area contributed by atoms with E-state index >= 15 is 0 Å². The van der Waals surface area contributed by atoms with Crippen molar-refractivity contribution in [1.29, 1.82) is 0 Å². The molecule has 0 rings (SSSR count). The van der Waals surface area contributed by atoms with Crippen LogP contribution in [0.25, 0.3) is 0 Å². The number of hydrogen-bond donors (Lipinski definition) is 3. The van der Waals surface area contributed by atoms with Crippen LogP contribution in [0.3, 0.4) is 0 Å². The van der Waals surface area contributed by atoms with Crippen molar-refractivity contribution in [2.45, 2.75) is 26.4 Å². The number of aliphatic hydroxyl groups excluding tert-OH is 1. The molecule has 1 atom stereocenters.